The summed E-state index contributed by atoms with van der Waals surface area (Å²) >= 11 is 0. The number of pyridine rings is 2. The van der Waals surface area contributed by atoms with Crippen LogP contribution in [0.2, 0.25) is 0 Å². The van der Waals surface area contributed by atoms with Gasteiger partial charge in [0.1, 0.15) is 18.2 Å². The highest BCUT2D eigenvalue weighted by Crippen LogP contribution is 2.24. The molecule has 0 fully saturated rings. The average Bonchev–Trinajstić information content (AvgIpc) is 2.77. The molecular weight excluding hydrogens is 422 g/mol. The fourth-order valence-corrected chi connectivity index (χ4v) is 3.89. The SMILES string of the molecule is CCOC(=O)c1c(COC(=O)CCc2c(C)[nH]c(=O)c(C#N)c2C)nc2ccccc2c1C. The lowest BCUT2D eigenvalue weighted by Crippen LogP contribution is -2.18. The van der Waals surface area contributed by atoms with Crippen LogP contribution in [0.15, 0.2) is 29.1 Å². The highest BCUT2D eigenvalue weighted by Gasteiger charge is 2.21. The van der Waals surface area contributed by atoms with Gasteiger partial charge in [0.25, 0.3) is 5.56 Å². The minimum Gasteiger partial charge on any atom is -0.462 e. The van der Waals surface area contributed by atoms with Crippen LogP contribution in [0.25, 0.3) is 10.9 Å². The van der Waals surface area contributed by atoms with E-state index < -0.39 is 17.5 Å². The van der Waals surface area contributed by atoms with Crippen molar-refractivity contribution in [1.29, 1.82) is 5.26 Å². The molecule has 170 valence electrons. The predicted molar refractivity (Wildman–Crippen MR) is 122 cm³/mol. The van der Waals surface area contributed by atoms with E-state index in [0.29, 0.717) is 40.0 Å². The number of carbonyl (C=O) groups excluding carboxylic acids is 2. The van der Waals surface area contributed by atoms with Crippen molar-refractivity contribution < 1.29 is 19.1 Å². The van der Waals surface area contributed by atoms with Crippen LogP contribution in [-0.2, 0) is 27.3 Å². The van der Waals surface area contributed by atoms with Crippen molar-refractivity contribution in [3.05, 3.63) is 73.8 Å². The normalized spacial score (nSPS) is 10.6. The smallest absolute Gasteiger partial charge is 0.340 e. The van der Waals surface area contributed by atoms with E-state index in [1.54, 1.807) is 20.8 Å². The van der Waals surface area contributed by atoms with Gasteiger partial charge in [-0.15, -0.1) is 0 Å². The van der Waals surface area contributed by atoms with Crippen LogP contribution in [0.4, 0.5) is 0 Å². The zero-order chi connectivity index (χ0) is 24.1. The molecule has 0 aliphatic heterocycles. The molecule has 2 aromatic heterocycles. The number of hydrogen-bond acceptors (Lipinski definition) is 7. The van der Waals surface area contributed by atoms with Crippen LogP contribution in [0.3, 0.4) is 0 Å². The first-order valence-corrected chi connectivity index (χ1v) is 10.6. The molecule has 0 aliphatic rings. The Bertz CT molecular complexity index is 1330. The number of esters is 2. The second-order valence-electron chi connectivity index (χ2n) is 7.63. The topological polar surface area (TPSA) is 122 Å². The number of fused-ring (bicyclic) bond motifs is 1. The second kappa shape index (κ2) is 10.1. The Morgan fingerprint density at radius 2 is 1.85 bits per heavy atom. The number of H-pyrrole nitrogens is 1. The van der Waals surface area contributed by atoms with Crippen LogP contribution >= 0.6 is 0 Å². The van der Waals surface area contributed by atoms with Crippen molar-refractivity contribution in [3.8, 4) is 6.07 Å². The summed E-state index contributed by atoms with van der Waals surface area (Å²) in [5.74, 6) is -0.997. The fraction of sp³-hybridized carbons (Fsp3) is 0.320. The second-order valence-corrected chi connectivity index (χ2v) is 7.63. The fourth-order valence-electron chi connectivity index (χ4n) is 3.89. The highest BCUT2D eigenvalue weighted by molar-refractivity contribution is 5.98. The number of para-hydroxylation sites is 1. The number of ether oxygens (including phenoxy) is 2. The molecular formula is C25H25N3O5. The van der Waals surface area contributed by atoms with Gasteiger partial charge in [0.05, 0.1) is 23.4 Å². The van der Waals surface area contributed by atoms with Crippen molar-refractivity contribution in [2.45, 2.75) is 47.1 Å². The van der Waals surface area contributed by atoms with Crippen LogP contribution in [0, 0.1) is 32.1 Å². The quantitative estimate of drug-likeness (QED) is 0.549. The van der Waals surface area contributed by atoms with E-state index in [9.17, 15) is 19.6 Å². The number of aromatic nitrogens is 2. The molecule has 1 N–H and O–H groups in total. The molecule has 8 nitrogen and oxygen atoms in total. The minimum atomic E-state index is -0.511. The number of benzene rings is 1. The lowest BCUT2D eigenvalue weighted by Gasteiger charge is -2.14. The highest BCUT2D eigenvalue weighted by atomic mass is 16.5. The average molecular weight is 447 g/mol. The molecule has 0 bridgehead atoms. The molecule has 0 radical (unpaired) electrons. The Morgan fingerprint density at radius 3 is 2.55 bits per heavy atom. The van der Waals surface area contributed by atoms with Crippen molar-refractivity contribution in [3.63, 3.8) is 0 Å². The number of hydrogen-bond donors (Lipinski definition) is 1. The summed E-state index contributed by atoms with van der Waals surface area (Å²) in [5, 5.41) is 10.0. The standard InChI is InChI=1S/C25H25N3O5/c1-5-32-25(31)23-15(3)18-8-6-7-9-20(18)28-21(23)13-33-22(29)11-10-17-14(2)19(12-26)24(30)27-16(17)4/h6-9H,5,10-11,13H2,1-4H3,(H,27,30). The molecule has 2 heterocycles. The molecule has 3 aromatic rings. The lowest BCUT2D eigenvalue weighted by molar-refractivity contribution is -0.145. The van der Waals surface area contributed by atoms with E-state index in [-0.39, 0.29) is 25.2 Å². The summed E-state index contributed by atoms with van der Waals surface area (Å²) in [4.78, 5) is 44.1. The van der Waals surface area contributed by atoms with Gasteiger partial charge >= 0.3 is 11.9 Å². The summed E-state index contributed by atoms with van der Waals surface area (Å²) in [7, 11) is 0. The third kappa shape index (κ3) is 4.93. The van der Waals surface area contributed by atoms with Crippen LogP contribution in [0.5, 0.6) is 0 Å². The Labute approximate surface area is 191 Å². The summed E-state index contributed by atoms with van der Waals surface area (Å²) in [6.45, 7) is 6.99. The number of aryl methyl sites for hydroxylation is 2. The van der Waals surface area contributed by atoms with E-state index in [4.69, 9.17) is 9.47 Å². The summed E-state index contributed by atoms with van der Waals surface area (Å²) < 4.78 is 10.6. The molecule has 0 aliphatic carbocycles. The van der Waals surface area contributed by atoms with E-state index in [1.807, 2.05) is 37.3 Å². The van der Waals surface area contributed by atoms with Crippen LogP contribution in [-0.4, -0.2) is 28.5 Å². The molecule has 33 heavy (non-hydrogen) atoms. The predicted octanol–water partition coefficient (Wildman–Crippen LogP) is 3.57. The van der Waals surface area contributed by atoms with Gasteiger partial charge in [-0.25, -0.2) is 9.78 Å². The lowest BCUT2D eigenvalue weighted by atomic mass is 9.99. The first-order valence-electron chi connectivity index (χ1n) is 10.6. The number of nitrogens with one attached hydrogen (secondary N) is 1. The number of aromatic amines is 1. The Hall–Kier alpha value is -3.99. The molecule has 1 aromatic carbocycles. The van der Waals surface area contributed by atoms with E-state index >= 15 is 0 Å². The van der Waals surface area contributed by atoms with Gasteiger partial charge in [-0.1, -0.05) is 18.2 Å². The van der Waals surface area contributed by atoms with Crippen LogP contribution < -0.4 is 5.56 Å². The molecule has 3 rings (SSSR count). The van der Waals surface area contributed by atoms with Crippen molar-refractivity contribution in [1.82, 2.24) is 9.97 Å². The largest absolute Gasteiger partial charge is 0.462 e. The maximum absolute atomic E-state index is 12.6. The summed E-state index contributed by atoms with van der Waals surface area (Å²) in [6, 6.07) is 9.32. The van der Waals surface area contributed by atoms with Gasteiger partial charge in [0, 0.05) is 17.5 Å². The van der Waals surface area contributed by atoms with Gasteiger partial charge in [-0.05, 0) is 56.9 Å². The molecule has 8 heteroatoms. The van der Waals surface area contributed by atoms with Crippen LogP contribution in [0.1, 0.15) is 57.3 Å². The van der Waals surface area contributed by atoms with Gasteiger partial charge < -0.3 is 14.5 Å². The Balaban J connectivity index is 1.80. The monoisotopic (exact) mass is 447 g/mol. The van der Waals surface area contributed by atoms with Gasteiger partial charge in [-0.2, -0.15) is 5.26 Å². The molecule has 0 amide bonds. The number of nitrogens with zero attached hydrogens (tertiary/aromatic N) is 2. The summed E-state index contributed by atoms with van der Waals surface area (Å²) in [5.41, 5.74) is 3.54. The maximum atomic E-state index is 12.6. The van der Waals surface area contributed by atoms with Crippen molar-refractivity contribution in [2.24, 2.45) is 0 Å². The van der Waals surface area contributed by atoms with E-state index in [1.165, 1.54) is 0 Å². The zero-order valence-electron chi connectivity index (χ0n) is 19.1. The van der Waals surface area contributed by atoms with Crippen molar-refractivity contribution >= 4 is 22.8 Å². The molecule has 0 unspecified atom stereocenters. The molecule has 0 saturated heterocycles. The van der Waals surface area contributed by atoms with E-state index in [0.717, 1.165) is 10.9 Å². The van der Waals surface area contributed by atoms with E-state index in [2.05, 4.69) is 9.97 Å². The first kappa shape index (κ1) is 23.7. The number of carbonyl (C=O) groups is 2. The molecule has 0 saturated carbocycles. The Kier molecular flexibility index (Phi) is 7.23. The number of nitriles is 1. The summed E-state index contributed by atoms with van der Waals surface area (Å²) in [6.07, 6.45) is 0.344. The van der Waals surface area contributed by atoms with Crippen molar-refractivity contribution in [2.75, 3.05) is 6.61 Å². The minimum absolute atomic E-state index is 0.0406. The third-order valence-electron chi connectivity index (χ3n) is 5.58. The first-order chi connectivity index (χ1) is 15.8. The zero-order valence-corrected chi connectivity index (χ0v) is 19.1. The van der Waals surface area contributed by atoms with Gasteiger partial charge in [0.2, 0.25) is 0 Å². The number of rotatable bonds is 7. The third-order valence-corrected chi connectivity index (χ3v) is 5.58. The Morgan fingerprint density at radius 1 is 1.12 bits per heavy atom. The van der Waals surface area contributed by atoms with Gasteiger partial charge in [0.15, 0.2) is 0 Å². The molecule has 0 spiro atoms. The maximum Gasteiger partial charge on any atom is 0.340 e. The van der Waals surface area contributed by atoms with Gasteiger partial charge in [-0.3, -0.25) is 9.59 Å². The molecule has 0 atom stereocenters.